The van der Waals surface area contributed by atoms with Gasteiger partial charge in [-0.2, -0.15) is 0 Å². The van der Waals surface area contributed by atoms with Gasteiger partial charge in [0.15, 0.2) is 0 Å². The van der Waals surface area contributed by atoms with Crippen LogP contribution >= 0.6 is 11.3 Å². The Morgan fingerprint density at radius 1 is 1.18 bits per heavy atom. The van der Waals surface area contributed by atoms with Gasteiger partial charge >= 0.3 is 0 Å². The zero-order valence-corrected chi connectivity index (χ0v) is 17.6. The van der Waals surface area contributed by atoms with E-state index in [4.69, 9.17) is 9.88 Å². The third-order valence-electron chi connectivity index (χ3n) is 4.46. The predicted octanol–water partition coefficient (Wildman–Crippen LogP) is 1.93. The topological polar surface area (TPSA) is 102 Å². The molecule has 0 spiro atoms. The number of carbonyl (C=O) groups excluding carboxylic acids is 1. The molecule has 0 aliphatic carbocycles. The number of primary sulfonamides is 1. The fourth-order valence-corrected chi connectivity index (χ4v) is 5.03. The van der Waals surface area contributed by atoms with E-state index in [9.17, 15) is 13.2 Å². The van der Waals surface area contributed by atoms with Gasteiger partial charge in [0.2, 0.25) is 10.0 Å². The molecule has 7 nitrogen and oxygen atoms in total. The Kier molecular flexibility index (Phi) is 6.51. The van der Waals surface area contributed by atoms with Crippen LogP contribution in [0.5, 0.6) is 0 Å². The van der Waals surface area contributed by atoms with Gasteiger partial charge in [0.05, 0.1) is 18.8 Å². The fourth-order valence-electron chi connectivity index (χ4n) is 3.31. The van der Waals surface area contributed by atoms with Gasteiger partial charge in [0.1, 0.15) is 4.21 Å². The molecule has 3 rings (SSSR count). The van der Waals surface area contributed by atoms with Gasteiger partial charge in [-0.25, -0.2) is 13.6 Å². The van der Waals surface area contributed by atoms with Crippen molar-refractivity contribution < 1.29 is 17.9 Å². The lowest BCUT2D eigenvalue weighted by atomic mass is 10.1. The van der Waals surface area contributed by atoms with Crippen LogP contribution in [0.15, 0.2) is 40.6 Å². The highest BCUT2D eigenvalue weighted by molar-refractivity contribution is 7.91. The Labute approximate surface area is 169 Å². The van der Waals surface area contributed by atoms with Crippen LogP contribution in [0.25, 0.3) is 0 Å². The minimum atomic E-state index is -3.70. The summed E-state index contributed by atoms with van der Waals surface area (Å²) in [6.07, 6.45) is 0.446. The first-order valence-corrected chi connectivity index (χ1v) is 11.4. The molecule has 9 heteroatoms. The standard InChI is InChI=1S/C19H25N3O4S2/c1-13-10-22(11-14(2)26-13)12-15-3-5-16(6-4-15)19(23)21-9-17-7-8-18(27-17)28(20,24)25/h3-8,13-14H,9-12H2,1-2H3,(H,21,23)(H2,20,24,25). The molecule has 2 heterocycles. The summed E-state index contributed by atoms with van der Waals surface area (Å²) in [4.78, 5) is 15.4. The van der Waals surface area contributed by atoms with Crippen LogP contribution in [0.1, 0.15) is 34.6 Å². The van der Waals surface area contributed by atoms with Crippen molar-refractivity contribution in [2.45, 2.75) is 43.4 Å². The van der Waals surface area contributed by atoms with Crippen molar-refractivity contribution in [3.8, 4) is 0 Å². The van der Waals surface area contributed by atoms with E-state index in [0.717, 1.165) is 41.4 Å². The van der Waals surface area contributed by atoms with E-state index in [1.165, 1.54) is 6.07 Å². The number of rotatable bonds is 6. The van der Waals surface area contributed by atoms with Crippen LogP contribution in [0.4, 0.5) is 0 Å². The molecule has 1 amide bonds. The summed E-state index contributed by atoms with van der Waals surface area (Å²) in [5.41, 5.74) is 1.71. The Morgan fingerprint density at radius 2 is 1.82 bits per heavy atom. The van der Waals surface area contributed by atoms with Crippen LogP contribution in [-0.4, -0.2) is 44.5 Å². The number of nitrogens with zero attached hydrogens (tertiary/aromatic N) is 1. The SMILES string of the molecule is CC1CN(Cc2ccc(C(=O)NCc3ccc(S(N)(=O)=O)s3)cc2)CC(C)O1. The number of sulfonamides is 1. The average molecular weight is 424 g/mol. The van der Waals surface area contributed by atoms with Crippen LogP contribution in [0, 0.1) is 0 Å². The number of nitrogens with two attached hydrogens (primary N) is 1. The lowest BCUT2D eigenvalue weighted by Gasteiger charge is -2.35. The molecule has 1 aliphatic rings. The number of benzene rings is 1. The molecule has 1 aromatic heterocycles. The quantitative estimate of drug-likeness (QED) is 0.739. The smallest absolute Gasteiger partial charge is 0.251 e. The van der Waals surface area contributed by atoms with Gasteiger partial charge < -0.3 is 10.1 Å². The van der Waals surface area contributed by atoms with E-state index < -0.39 is 10.0 Å². The molecule has 2 atom stereocenters. The summed E-state index contributed by atoms with van der Waals surface area (Å²) in [5, 5.41) is 7.90. The second-order valence-electron chi connectivity index (χ2n) is 7.10. The average Bonchev–Trinajstić information content (AvgIpc) is 3.09. The number of carbonyl (C=O) groups is 1. The molecule has 0 saturated carbocycles. The number of ether oxygens (including phenoxy) is 1. The van der Waals surface area contributed by atoms with E-state index in [0.29, 0.717) is 5.56 Å². The van der Waals surface area contributed by atoms with Gasteiger partial charge in [-0.1, -0.05) is 12.1 Å². The third kappa shape index (κ3) is 5.62. The summed E-state index contributed by atoms with van der Waals surface area (Å²) >= 11 is 1.06. The summed E-state index contributed by atoms with van der Waals surface area (Å²) in [5.74, 6) is -0.203. The summed E-state index contributed by atoms with van der Waals surface area (Å²) in [6, 6.07) is 10.6. The molecule has 1 saturated heterocycles. The lowest BCUT2D eigenvalue weighted by molar-refractivity contribution is -0.0704. The molecule has 0 bridgehead atoms. The first-order valence-electron chi connectivity index (χ1n) is 9.07. The van der Waals surface area contributed by atoms with Crippen molar-refractivity contribution in [3.05, 3.63) is 52.4 Å². The minimum Gasteiger partial charge on any atom is -0.373 e. The van der Waals surface area contributed by atoms with Gasteiger partial charge in [0, 0.05) is 30.1 Å². The molecule has 3 N–H and O–H groups in total. The lowest BCUT2D eigenvalue weighted by Crippen LogP contribution is -2.44. The number of hydrogen-bond donors (Lipinski definition) is 2. The highest BCUT2D eigenvalue weighted by atomic mass is 32.2. The number of nitrogens with one attached hydrogen (secondary N) is 1. The minimum absolute atomic E-state index is 0.0906. The Balaban J connectivity index is 1.54. The van der Waals surface area contributed by atoms with Crippen molar-refractivity contribution in [1.29, 1.82) is 0 Å². The number of morpholine rings is 1. The molecule has 2 unspecified atom stereocenters. The van der Waals surface area contributed by atoms with E-state index in [1.54, 1.807) is 6.07 Å². The predicted molar refractivity (Wildman–Crippen MR) is 109 cm³/mol. The normalized spacial score (nSPS) is 20.8. The van der Waals surface area contributed by atoms with E-state index in [-0.39, 0.29) is 28.9 Å². The van der Waals surface area contributed by atoms with Crippen molar-refractivity contribution in [3.63, 3.8) is 0 Å². The highest BCUT2D eigenvalue weighted by Crippen LogP contribution is 2.20. The van der Waals surface area contributed by atoms with Crippen LogP contribution in [0.2, 0.25) is 0 Å². The van der Waals surface area contributed by atoms with Gasteiger partial charge in [0.25, 0.3) is 5.91 Å². The Bertz CT molecular complexity index is 915. The largest absolute Gasteiger partial charge is 0.373 e. The molecule has 1 aromatic carbocycles. The maximum Gasteiger partial charge on any atom is 0.251 e. The molecule has 1 aliphatic heterocycles. The second kappa shape index (κ2) is 8.71. The summed E-state index contributed by atoms with van der Waals surface area (Å²) in [6.45, 7) is 7.03. The van der Waals surface area contributed by atoms with E-state index in [2.05, 4.69) is 24.1 Å². The molecular weight excluding hydrogens is 398 g/mol. The van der Waals surface area contributed by atoms with Crippen molar-refractivity contribution in [2.75, 3.05) is 13.1 Å². The van der Waals surface area contributed by atoms with Crippen molar-refractivity contribution in [2.24, 2.45) is 5.14 Å². The zero-order chi connectivity index (χ0) is 20.3. The van der Waals surface area contributed by atoms with Gasteiger partial charge in [-0.05, 0) is 43.7 Å². The maximum atomic E-state index is 12.3. The fraction of sp³-hybridized carbons (Fsp3) is 0.421. The molecule has 0 radical (unpaired) electrons. The van der Waals surface area contributed by atoms with E-state index in [1.807, 2.05) is 24.3 Å². The number of hydrogen-bond acceptors (Lipinski definition) is 6. The van der Waals surface area contributed by atoms with Crippen LogP contribution < -0.4 is 10.5 Å². The monoisotopic (exact) mass is 423 g/mol. The maximum absolute atomic E-state index is 12.3. The zero-order valence-electron chi connectivity index (χ0n) is 15.9. The number of amides is 1. The molecule has 28 heavy (non-hydrogen) atoms. The second-order valence-corrected chi connectivity index (χ2v) is 10.1. The summed E-state index contributed by atoms with van der Waals surface area (Å²) in [7, 11) is -3.70. The van der Waals surface area contributed by atoms with Crippen LogP contribution in [-0.2, 0) is 27.8 Å². The molecule has 152 valence electrons. The molecule has 1 fully saturated rings. The van der Waals surface area contributed by atoms with Crippen molar-refractivity contribution >= 4 is 27.3 Å². The number of thiophene rings is 1. The first kappa shape index (κ1) is 20.9. The van der Waals surface area contributed by atoms with E-state index >= 15 is 0 Å². The van der Waals surface area contributed by atoms with Gasteiger partial charge in [-0.15, -0.1) is 11.3 Å². The first-order chi connectivity index (χ1) is 13.2. The van der Waals surface area contributed by atoms with Gasteiger partial charge in [-0.3, -0.25) is 9.69 Å². The van der Waals surface area contributed by atoms with Crippen molar-refractivity contribution in [1.82, 2.24) is 10.2 Å². The van der Waals surface area contributed by atoms with Crippen LogP contribution in [0.3, 0.4) is 0 Å². The Hall–Kier alpha value is -1.78. The third-order valence-corrected chi connectivity index (χ3v) is 6.98. The Morgan fingerprint density at radius 3 is 2.39 bits per heavy atom. The molecular formula is C19H25N3O4S2. The highest BCUT2D eigenvalue weighted by Gasteiger charge is 2.22. The summed E-state index contributed by atoms with van der Waals surface area (Å²) < 4.78 is 28.5. The molecule has 2 aromatic rings.